The number of aromatic nitrogens is 4. The summed E-state index contributed by atoms with van der Waals surface area (Å²) in [5.41, 5.74) is 7.89. The third-order valence-electron chi connectivity index (χ3n) is 5.64. The number of thioether (sulfide) groups is 1. The Kier molecular flexibility index (Phi) is 7.21. The Balaban J connectivity index is 1.56. The molecule has 0 fully saturated rings. The van der Waals surface area contributed by atoms with Crippen molar-refractivity contribution in [3.8, 4) is 17.1 Å². The van der Waals surface area contributed by atoms with Crippen LogP contribution in [0.2, 0.25) is 0 Å². The molecule has 0 aliphatic heterocycles. The van der Waals surface area contributed by atoms with Crippen molar-refractivity contribution in [1.82, 2.24) is 24.8 Å². The molecule has 2 heterocycles. The molecule has 0 spiro atoms. The zero-order valence-corrected chi connectivity index (χ0v) is 21.5. The molecule has 0 aliphatic carbocycles. The summed E-state index contributed by atoms with van der Waals surface area (Å²) in [5.74, 6) is 0.686. The number of hydrogen-bond donors (Lipinski definition) is 1. The van der Waals surface area contributed by atoms with Crippen LogP contribution in [0.5, 0.6) is 0 Å². The predicted molar refractivity (Wildman–Crippen MR) is 142 cm³/mol. The second-order valence-corrected chi connectivity index (χ2v) is 10.4. The van der Waals surface area contributed by atoms with E-state index in [0.29, 0.717) is 5.16 Å². The lowest BCUT2D eigenvalue weighted by atomic mass is 9.87. The molecule has 4 rings (SSSR count). The highest BCUT2D eigenvalue weighted by Crippen LogP contribution is 2.30. The van der Waals surface area contributed by atoms with Gasteiger partial charge in [-0.2, -0.15) is 5.10 Å². The summed E-state index contributed by atoms with van der Waals surface area (Å²) in [4.78, 5) is 12.4. The Morgan fingerprint density at radius 2 is 1.77 bits per heavy atom. The van der Waals surface area contributed by atoms with Crippen molar-refractivity contribution in [2.75, 3.05) is 5.75 Å². The van der Waals surface area contributed by atoms with E-state index in [9.17, 15) is 4.79 Å². The molecule has 2 aromatic carbocycles. The second-order valence-electron chi connectivity index (χ2n) is 9.43. The van der Waals surface area contributed by atoms with Crippen LogP contribution in [0.1, 0.15) is 37.6 Å². The van der Waals surface area contributed by atoms with Crippen LogP contribution in [0, 0.1) is 6.92 Å². The van der Waals surface area contributed by atoms with Gasteiger partial charge in [0.25, 0.3) is 5.91 Å². The van der Waals surface area contributed by atoms with Crippen molar-refractivity contribution in [2.45, 2.75) is 38.3 Å². The lowest BCUT2D eigenvalue weighted by Crippen LogP contribution is -2.20. The van der Waals surface area contributed by atoms with E-state index in [0.717, 1.165) is 22.8 Å². The van der Waals surface area contributed by atoms with Gasteiger partial charge in [0.2, 0.25) is 0 Å². The number of benzene rings is 2. The number of carbonyl (C=O) groups excluding carboxylic acids is 1. The number of nitrogens with zero attached hydrogens (tertiary/aromatic N) is 5. The van der Waals surface area contributed by atoms with Gasteiger partial charge < -0.3 is 4.57 Å². The molecule has 1 amide bonds. The van der Waals surface area contributed by atoms with Crippen LogP contribution in [0.25, 0.3) is 17.1 Å². The first-order chi connectivity index (χ1) is 16.7. The topological polar surface area (TPSA) is 77.1 Å². The van der Waals surface area contributed by atoms with Crippen LogP contribution in [0.3, 0.4) is 0 Å². The smallest absolute Gasteiger partial charge is 0.250 e. The van der Waals surface area contributed by atoms with Gasteiger partial charge in [0, 0.05) is 24.5 Å². The average molecular weight is 487 g/mol. The first-order valence-corrected chi connectivity index (χ1v) is 12.4. The maximum absolute atomic E-state index is 12.4. The van der Waals surface area contributed by atoms with Crippen LogP contribution in [-0.4, -0.2) is 37.2 Å². The molecule has 0 radical (unpaired) electrons. The monoisotopic (exact) mass is 486 g/mol. The van der Waals surface area contributed by atoms with E-state index in [-0.39, 0.29) is 17.1 Å². The zero-order chi connectivity index (χ0) is 25.0. The molecule has 0 atom stereocenters. The first-order valence-electron chi connectivity index (χ1n) is 11.4. The summed E-state index contributed by atoms with van der Waals surface area (Å²) in [6.07, 6.45) is 3.54. The molecule has 1 N–H and O–H groups in total. The van der Waals surface area contributed by atoms with Gasteiger partial charge in [0.1, 0.15) is 0 Å². The molecule has 180 valence electrons. The third kappa shape index (κ3) is 5.89. The SMILES string of the molecule is Cc1ccc(-n2c(SCC(=O)N/N=C/c3cccn3C)nnc2-c2ccc(C(C)(C)C)cc2)cc1. The molecule has 0 bridgehead atoms. The molecule has 35 heavy (non-hydrogen) atoms. The molecule has 8 heteroatoms. The largest absolute Gasteiger partial charge is 0.350 e. The number of aryl methyl sites for hydroxylation is 2. The van der Waals surface area contributed by atoms with E-state index >= 15 is 0 Å². The Morgan fingerprint density at radius 1 is 1.06 bits per heavy atom. The molecule has 0 saturated carbocycles. The van der Waals surface area contributed by atoms with Gasteiger partial charge in [-0.25, -0.2) is 5.43 Å². The number of carbonyl (C=O) groups is 1. The van der Waals surface area contributed by atoms with Gasteiger partial charge in [-0.1, -0.05) is 74.5 Å². The van der Waals surface area contributed by atoms with Crippen molar-refractivity contribution in [1.29, 1.82) is 0 Å². The van der Waals surface area contributed by atoms with E-state index < -0.39 is 0 Å². The fourth-order valence-corrected chi connectivity index (χ4v) is 4.28. The molecule has 2 aromatic heterocycles. The lowest BCUT2D eigenvalue weighted by Gasteiger charge is -2.19. The highest BCUT2D eigenvalue weighted by Gasteiger charge is 2.19. The van der Waals surface area contributed by atoms with Crippen molar-refractivity contribution < 1.29 is 4.79 Å². The quantitative estimate of drug-likeness (QED) is 0.223. The van der Waals surface area contributed by atoms with Crippen molar-refractivity contribution >= 4 is 23.9 Å². The molecule has 0 aliphatic rings. The normalized spacial score (nSPS) is 11.8. The molecule has 4 aromatic rings. The van der Waals surface area contributed by atoms with Gasteiger partial charge in [-0.3, -0.25) is 9.36 Å². The summed E-state index contributed by atoms with van der Waals surface area (Å²) in [7, 11) is 1.92. The lowest BCUT2D eigenvalue weighted by molar-refractivity contribution is -0.118. The molecule has 7 nitrogen and oxygen atoms in total. The minimum Gasteiger partial charge on any atom is -0.350 e. The zero-order valence-electron chi connectivity index (χ0n) is 20.7. The Bertz CT molecular complexity index is 1330. The van der Waals surface area contributed by atoms with E-state index in [2.05, 4.69) is 84.8 Å². The number of rotatable bonds is 7. The van der Waals surface area contributed by atoms with Crippen molar-refractivity contribution in [3.63, 3.8) is 0 Å². The van der Waals surface area contributed by atoms with Crippen molar-refractivity contribution in [3.05, 3.63) is 83.7 Å². The summed E-state index contributed by atoms with van der Waals surface area (Å²) in [5, 5.41) is 13.6. The van der Waals surface area contributed by atoms with Gasteiger partial charge >= 0.3 is 0 Å². The fourth-order valence-electron chi connectivity index (χ4n) is 3.54. The Hall–Kier alpha value is -3.65. The van der Waals surface area contributed by atoms with Crippen LogP contribution in [0.15, 0.2) is 77.1 Å². The predicted octanol–water partition coefficient (Wildman–Crippen LogP) is 5.12. The van der Waals surface area contributed by atoms with Crippen LogP contribution >= 0.6 is 11.8 Å². The van der Waals surface area contributed by atoms with Gasteiger partial charge in [0.15, 0.2) is 11.0 Å². The fraction of sp³-hybridized carbons (Fsp3) is 0.259. The van der Waals surface area contributed by atoms with Crippen LogP contribution in [-0.2, 0) is 17.3 Å². The maximum atomic E-state index is 12.4. The summed E-state index contributed by atoms with van der Waals surface area (Å²) < 4.78 is 3.92. The standard InChI is InChI=1S/C27H30N6OS/c1-19-8-14-22(15-9-19)33-25(20-10-12-21(13-11-20)27(2,3)4)30-31-26(33)35-18-24(34)29-28-17-23-7-6-16-32(23)5/h6-17H,18H2,1-5H3,(H,29,34)/b28-17+. The molecule has 0 saturated heterocycles. The van der Waals surface area contributed by atoms with E-state index in [1.807, 2.05) is 46.6 Å². The van der Waals surface area contributed by atoms with Crippen LogP contribution in [0.4, 0.5) is 0 Å². The van der Waals surface area contributed by atoms with Gasteiger partial charge in [-0.15, -0.1) is 10.2 Å². The number of nitrogens with one attached hydrogen (secondary N) is 1. The second kappa shape index (κ2) is 10.3. The van der Waals surface area contributed by atoms with Gasteiger partial charge in [-0.05, 0) is 42.2 Å². The first kappa shape index (κ1) is 24.5. The summed E-state index contributed by atoms with van der Waals surface area (Å²) in [6.45, 7) is 8.64. The number of hydrazone groups is 1. The molecule has 0 unspecified atom stereocenters. The summed E-state index contributed by atoms with van der Waals surface area (Å²) in [6, 6.07) is 20.5. The minimum atomic E-state index is -0.213. The molecular formula is C27H30N6OS. The Morgan fingerprint density at radius 3 is 2.40 bits per heavy atom. The molecular weight excluding hydrogens is 456 g/mol. The van der Waals surface area contributed by atoms with E-state index in [1.54, 1.807) is 6.21 Å². The van der Waals surface area contributed by atoms with Crippen LogP contribution < -0.4 is 5.43 Å². The van der Waals surface area contributed by atoms with E-state index in [4.69, 9.17) is 0 Å². The maximum Gasteiger partial charge on any atom is 0.250 e. The third-order valence-corrected chi connectivity index (χ3v) is 6.57. The summed E-state index contributed by atoms with van der Waals surface area (Å²) >= 11 is 1.33. The number of hydrogen-bond acceptors (Lipinski definition) is 5. The van der Waals surface area contributed by atoms with E-state index in [1.165, 1.54) is 22.9 Å². The Labute approximate surface area is 210 Å². The highest BCUT2D eigenvalue weighted by atomic mass is 32.2. The number of amides is 1. The average Bonchev–Trinajstić information content (AvgIpc) is 3.44. The minimum absolute atomic E-state index is 0.0697. The highest BCUT2D eigenvalue weighted by molar-refractivity contribution is 7.99. The van der Waals surface area contributed by atoms with Crippen molar-refractivity contribution in [2.24, 2.45) is 12.1 Å². The van der Waals surface area contributed by atoms with Gasteiger partial charge in [0.05, 0.1) is 17.7 Å².